The van der Waals surface area contributed by atoms with E-state index in [2.05, 4.69) is 21.5 Å². The SMILES string of the molecule is C=C(/C=C(\N=CN)N1CCC(n2c(=O)[nH]c3ncccc32)CC1)C(=O)N1CC(CO)c2ccccc21. The van der Waals surface area contributed by atoms with Crippen molar-refractivity contribution < 1.29 is 9.90 Å². The molecule has 0 aliphatic carbocycles. The zero-order valence-electron chi connectivity index (χ0n) is 19.9. The van der Waals surface area contributed by atoms with E-state index in [-0.39, 0.29) is 35.7 Å². The summed E-state index contributed by atoms with van der Waals surface area (Å²) < 4.78 is 1.78. The summed E-state index contributed by atoms with van der Waals surface area (Å²) in [6.07, 6.45) is 5.96. The number of H-pyrrole nitrogens is 1. The van der Waals surface area contributed by atoms with Gasteiger partial charge in [-0.25, -0.2) is 14.8 Å². The van der Waals surface area contributed by atoms with Gasteiger partial charge in [-0.3, -0.25) is 14.3 Å². The summed E-state index contributed by atoms with van der Waals surface area (Å²) in [4.78, 5) is 41.0. The number of hydrogen-bond acceptors (Lipinski definition) is 6. The van der Waals surface area contributed by atoms with Crippen LogP contribution in [0.1, 0.15) is 30.4 Å². The number of aliphatic hydroxyl groups excluding tert-OH is 1. The first-order valence-corrected chi connectivity index (χ1v) is 12.0. The molecule has 1 amide bonds. The molecular weight excluding hydrogens is 458 g/mol. The number of nitrogens with two attached hydrogens (primary N) is 1. The van der Waals surface area contributed by atoms with E-state index in [0.717, 1.165) is 29.6 Å². The van der Waals surface area contributed by atoms with Gasteiger partial charge in [0.2, 0.25) is 0 Å². The first-order valence-electron chi connectivity index (χ1n) is 12.0. The number of hydrogen-bond donors (Lipinski definition) is 3. The van der Waals surface area contributed by atoms with Gasteiger partial charge in [-0.2, -0.15) is 0 Å². The van der Waals surface area contributed by atoms with Crippen molar-refractivity contribution in [3.8, 4) is 0 Å². The highest BCUT2D eigenvalue weighted by Crippen LogP contribution is 2.36. The van der Waals surface area contributed by atoms with Crippen molar-refractivity contribution in [3.63, 3.8) is 0 Å². The smallest absolute Gasteiger partial charge is 0.327 e. The van der Waals surface area contributed by atoms with E-state index in [1.165, 1.54) is 6.34 Å². The molecule has 4 heterocycles. The van der Waals surface area contributed by atoms with Crippen LogP contribution in [0.3, 0.4) is 0 Å². The maximum atomic E-state index is 13.3. The van der Waals surface area contributed by atoms with Crippen molar-refractivity contribution in [2.45, 2.75) is 24.8 Å². The van der Waals surface area contributed by atoms with E-state index in [1.54, 1.807) is 21.7 Å². The fourth-order valence-corrected chi connectivity index (χ4v) is 5.20. The highest BCUT2D eigenvalue weighted by atomic mass is 16.3. The predicted molar refractivity (Wildman–Crippen MR) is 139 cm³/mol. The van der Waals surface area contributed by atoms with Crippen molar-refractivity contribution in [2.24, 2.45) is 10.7 Å². The number of anilines is 1. The third-order valence-corrected chi connectivity index (χ3v) is 6.96. The molecule has 1 aromatic carbocycles. The second-order valence-corrected chi connectivity index (χ2v) is 9.05. The molecular formula is C26H29N7O3. The Hall–Kier alpha value is -4.18. The van der Waals surface area contributed by atoms with Gasteiger partial charge in [-0.05, 0) is 42.7 Å². The molecule has 2 aliphatic rings. The average molecular weight is 488 g/mol. The summed E-state index contributed by atoms with van der Waals surface area (Å²) in [6.45, 7) is 5.65. The normalized spacial score (nSPS) is 18.8. The average Bonchev–Trinajstić information content (AvgIpc) is 3.45. The number of nitrogens with one attached hydrogen (secondary N) is 1. The summed E-state index contributed by atoms with van der Waals surface area (Å²) in [7, 11) is 0. The Morgan fingerprint density at radius 1 is 1.25 bits per heavy atom. The Labute approximate surface area is 208 Å². The predicted octanol–water partition coefficient (Wildman–Crippen LogP) is 1.87. The quantitative estimate of drug-likeness (QED) is 0.210. The summed E-state index contributed by atoms with van der Waals surface area (Å²) in [5.41, 5.74) is 8.87. The summed E-state index contributed by atoms with van der Waals surface area (Å²) >= 11 is 0. The number of likely N-dealkylation sites (tertiary alicyclic amines) is 1. The van der Waals surface area contributed by atoms with E-state index in [1.807, 2.05) is 41.3 Å². The van der Waals surface area contributed by atoms with Gasteiger partial charge < -0.3 is 20.6 Å². The lowest BCUT2D eigenvalue weighted by atomic mass is 10.0. The monoisotopic (exact) mass is 487 g/mol. The standard InChI is InChI=1S/C26H29N7O3/c1-17(25(35)32-14-18(15-34)20-5-2-3-6-21(20)32)13-23(29-16-27)31-11-8-19(9-12-31)33-22-7-4-10-28-24(22)30-26(33)36/h2-7,10,13,16,18-19,34H,1,8-9,11-12,14-15H2,(H2,27,29)(H,28,30,36)/b23-13+. The third-order valence-electron chi connectivity index (χ3n) is 6.96. The number of aromatic nitrogens is 3. The van der Waals surface area contributed by atoms with Crippen LogP contribution in [0.5, 0.6) is 0 Å². The van der Waals surface area contributed by atoms with Crippen LogP contribution in [0.15, 0.2) is 76.4 Å². The first-order chi connectivity index (χ1) is 17.5. The lowest BCUT2D eigenvalue weighted by Gasteiger charge is -2.34. The molecule has 0 spiro atoms. The fraction of sp³-hybridized carbons (Fsp3) is 0.308. The molecule has 1 atom stereocenters. The number of rotatable bonds is 6. The molecule has 2 aromatic heterocycles. The lowest BCUT2D eigenvalue weighted by Crippen LogP contribution is -2.36. The first kappa shape index (κ1) is 23.6. The second-order valence-electron chi connectivity index (χ2n) is 9.05. The number of aliphatic imine (C=N–C) groups is 1. The molecule has 36 heavy (non-hydrogen) atoms. The number of carbonyl (C=O) groups is 1. The van der Waals surface area contributed by atoms with E-state index in [0.29, 0.717) is 31.1 Å². The largest absolute Gasteiger partial charge is 0.396 e. The van der Waals surface area contributed by atoms with Gasteiger partial charge in [0.15, 0.2) is 5.65 Å². The molecule has 10 nitrogen and oxygen atoms in total. The zero-order chi connectivity index (χ0) is 25.2. The van der Waals surface area contributed by atoms with Gasteiger partial charge in [0.05, 0.1) is 18.5 Å². The molecule has 5 rings (SSSR count). The lowest BCUT2D eigenvalue weighted by molar-refractivity contribution is -0.114. The topological polar surface area (TPSA) is 133 Å². The van der Waals surface area contributed by atoms with Crippen LogP contribution < -0.4 is 16.3 Å². The van der Waals surface area contributed by atoms with E-state index in [4.69, 9.17) is 5.73 Å². The number of amides is 1. The second kappa shape index (κ2) is 9.82. The number of nitrogens with zero attached hydrogens (tertiary/aromatic N) is 5. The minimum Gasteiger partial charge on any atom is -0.396 e. The Morgan fingerprint density at radius 2 is 2.03 bits per heavy atom. The number of imidazole rings is 1. The minimum atomic E-state index is -0.240. The van der Waals surface area contributed by atoms with Crippen LogP contribution in [0.2, 0.25) is 0 Å². The number of aliphatic hydroxyl groups is 1. The van der Waals surface area contributed by atoms with Gasteiger partial charge in [-0.1, -0.05) is 24.8 Å². The van der Waals surface area contributed by atoms with Crippen molar-refractivity contribution in [2.75, 3.05) is 31.1 Å². The number of benzene rings is 1. The van der Waals surface area contributed by atoms with Crippen molar-refractivity contribution >= 4 is 29.1 Å². The number of fused-ring (bicyclic) bond motifs is 2. The Bertz CT molecular complexity index is 1410. The molecule has 1 saturated heterocycles. The van der Waals surface area contributed by atoms with Crippen LogP contribution in [0.25, 0.3) is 11.2 Å². The van der Waals surface area contributed by atoms with Gasteiger partial charge in [0.25, 0.3) is 5.91 Å². The molecule has 0 saturated carbocycles. The maximum absolute atomic E-state index is 13.3. The van der Waals surface area contributed by atoms with E-state index >= 15 is 0 Å². The van der Waals surface area contributed by atoms with Crippen molar-refractivity contribution in [1.82, 2.24) is 19.4 Å². The van der Waals surface area contributed by atoms with Crippen molar-refractivity contribution in [3.05, 3.63) is 82.7 Å². The molecule has 1 unspecified atom stereocenters. The summed E-state index contributed by atoms with van der Waals surface area (Å²) in [5, 5.41) is 9.76. The molecule has 4 N–H and O–H groups in total. The van der Waals surface area contributed by atoms with Crippen LogP contribution in [-0.4, -0.2) is 63.0 Å². The van der Waals surface area contributed by atoms with Crippen LogP contribution in [0.4, 0.5) is 5.69 Å². The highest BCUT2D eigenvalue weighted by Gasteiger charge is 2.32. The highest BCUT2D eigenvalue weighted by molar-refractivity contribution is 6.08. The molecule has 1 fully saturated rings. The Balaban J connectivity index is 1.32. The number of aromatic amines is 1. The van der Waals surface area contributed by atoms with Crippen molar-refractivity contribution in [1.29, 1.82) is 0 Å². The molecule has 186 valence electrons. The molecule has 2 aliphatic heterocycles. The molecule has 10 heteroatoms. The Morgan fingerprint density at radius 3 is 2.78 bits per heavy atom. The number of para-hydroxylation sites is 1. The van der Waals surface area contributed by atoms with Gasteiger partial charge in [-0.15, -0.1) is 0 Å². The van der Waals surface area contributed by atoms with Gasteiger partial charge in [0, 0.05) is 49.1 Å². The van der Waals surface area contributed by atoms with Gasteiger partial charge in [0.1, 0.15) is 5.82 Å². The summed E-state index contributed by atoms with van der Waals surface area (Å²) in [6, 6.07) is 11.3. The maximum Gasteiger partial charge on any atom is 0.327 e. The number of pyridine rings is 1. The molecule has 3 aromatic rings. The molecule has 0 bridgehead atoms. The van der Waals surface area contributed by atoms with Crippen LogP contribution in [-0.2, 0) is 4.79 Å². The zero-order valence-corrected chi connectivity index (χ0v) is 19.9. The number of piperidine rings is 1. The fourth-order valence-electron chi connectivity index (χ4n) is 5.20. The van der Waals surface area contributed by atoms with E-state index < -0.39 is 0 Å². The third kappa shape index (κ3) is 4.20. The van der Waals surface area contributed by atoms with Gasteiger partial charge >= 0.3 is 5.69 Å². The van der Waals surface area contributed by atoms with E-state index in [9.17, 15) is 14.7 Å². The summed E-state index contributed by atoms with van der Waals surface area (Å²) in [5.74, 6) is 0.190. The minimum absolute atomic E-state index is 0.0242. The van der Waals surface area contributed by atoms with Crippen LogP contribution >= 0.6 is 0 Å². The number of carbonyl (C=O) groups excluding carboxylic acids is 1. The molecule has 0 radical (unpaired) electrons. The Kier molecular flexibility index (Phi) is 6.43. The van der Waals surface area contributed by atoms with Crippen LogP contribution in [0, 0.1) is 0 Å².